The number of ether oxygens (including phenoxy) is 1. The molecule has 0 bridgehead atoms. The van der Waals surface area contributed by atoms with Gasteiger partial charge in [0.05, 0.1) is 11.5 Å². The van der Waals surface area contributed by atoms with Crippen molar-refractivity contribution >= 4 is 17.8 Å². The Hall–Kier alpha value is -2.84. The van der Waals surface area contributed by atoms with E-state index >= 15 is 0 Å². The van der Waals surface area contributed by atoms with Crippen molar-refractivity contribution in [2.75, 3.05) is 0 Å². The zero-order valence-electron chi connectivity index (χ0n) is 20.3. The van der Waals surface area contributed by atoms with Crippen molar-refractivity contribution in [1.82, 2.24) is 5.32 Å². The molecule has 0 heterocycles. The summed E-state index contributed by atoms with van der Waals surface area (Å²) in [5.41, 5.74) is 1.96. The summed E-state index contributed by atoms with van der Waals surface area (Å²) in [7, 11) is 0. The number of allylic oxidation sites excluding steroid dienone is 1. The van der Waals surface area contributed by atoms with Crippen LogP contribution in [-0.2, 0) is 20.2 Å². The monoisotopic (exact) mass is 482 g/mol. The molecule has 9 heteroatoms. The molecule has 0 aliphatic heterocycles. The lowest BCUT2D eigenvalue weighted by Gasteiger charge is -2.40. The molecule has 0 spiro atoms. The Bertz CT molecular complexity index is 977. The van der Waals surface area contributed by atoms with E-state index < -0.39 is 57.3 Å². The van der Waals surface area contributed by atoms with Crippen LogP contribution >= 0.6 is 0 Å². The van der Waals surface area contributed by atoms with Crippen molar-refractivity contribution in [3.05, 3.63) is 47.3 Å². The summed E-state index contributed by atoms with van der Waals surface area (Å²) in [5.74, 6) is -7.16. The molecule has 0 saturated heterocycles. The largest absolute Gasteiger partial charge is 0.460 e. The third kappa shape index (κ3) is 5.98. The van der Waals surface area contributed by atoms with Crippen LogP contribution in [-0.4, -0.2) is 28.9 Å². The number of amides is 2. The van der Waals surface area contributed by atoms with Crippen molar-refractivity contribution in [1.29, 1.82) is 0 Å². The van der Waals surface area contributed by atoms with Crippen molar-refractivity contribution in [3.63, 3.8) is 0 Å². The summed E-state index contributed by atoms with van der Waals surface area (Å²) in [4.78, 5) is 37.5. The van der Waals surface area contributed by atoms with Crippen LogP contribution in [0.15, 0.2) is 30.4 Å². The van der Waals surface area contributed by atoms with Crippen LogP contribution in [0.25, 0.3) is 0 Å². The van der Waals surface area contributed by atoms with Crippen LogP contribution < -0.4 is 11.1 Å². The summed E-state index contributed by atoms with van der Waals surface area (Å²) in [6.07, 6.45) is 1.13. The van der Waals surface area contributed by atoms with E-state index in [9.17, 15) is 27.6 Å². The summed E-state index contributed by atoms with van der Waals surface area (Å²) in [5, 5.41) is 2.52. The van der Waals surface area contributed by atoms with Gasteiger partial charge >= 0.3 is 5.97 Å². The van der Waals surface area contributed by atoms with E-state index in [4.69, 9.17) is 10.5 Å². The van der Waals surface area contributed by atoms with Crippen LogP contribution in [0, 0.1) is 17.7 Å². The smallest absolute Gasteiger partial charge is 0.309 e. The van der Waals surface area contributed by atoms with E-state index in [1.54, 1.807) is 27.7 Å². The number of hydrogen-bond donors (Lipinski definition) is 2. The minimum atomic E-state index is -3.45. The van der Waals surface area contributed by atoms with E-state index in [-0.39, 0.29) is 24.7 Å². The molecule has 0 radical (unpaired) electrons. The number of halogens is 3. The Balaban J connectivity index is 2.16. The first-order chi connectivity index (χ1) is 15.5. The van der Waals surface area contributed by atoms with Gasteiger partial charge in [0.1, 0.15) is 17.0 Å². The zero-order valence-corrected chi connectivity index (χ0v) is 20.3. The number of primary amides is 1. The molecule has 1 unspecified atom stereocenters. The van der Waals surface area contributed by atoms with Gasteiger partial charge in [0.25, 0.3) is 11.8 Å². The molecular formula is C25H33F3N2O4. The van der Waals surface area contributed by atoms with Gasteiger partial charge in [-0.3, -0.25) is 14.4 Å². The number of esters is 1. The fourth-order valence-corrected chi connectivity index (χ4v) is 4.08. The number of nitrogens with two attached hydrogens (primary N) is 1. The molecule has 188 valence electrons. The molecule has 1 atom stereocenters. The fraction of sp³-hybridized carbons (Fsp3) is 0.560. The van der Waals surface area contributed by atoms with E-state index in [1.165, 1.54) is 0 Å². The number of benzene rings is 1. The van der Waals surface area contributed by atoms with Gasteiger partial charge in [0, 0.05) is 5.56 Å². The number of carbonyl (C=O) groups is 3. The molecule has 0 aromatic heterocycles. The second-order valence-corrected chi connectivity index (χ2v) is 10.1. The maximum absolute atomic E-state index is 14.6. The Kier molecular flexibility index (Phi) is 7.90. The normalized spacial score (nSPS) is 21.9. The molecule has 1 fully saturated rings. The SMILES string of the molecule is C=C(C)C(F)(F)c1ccc(C(=O)NC2(C(N)=O)CCC(C(C)C(=O)OC(C)(C)C)CC2)c(F)c1. The van der Waals surface area contributed by atoms with Gasteiger partial charge in [-0.05, 0) is 77.0 Å². The first-order valence-corrected chi connectivity index (χ1v) is 11.2. The van der Waals surface area contributed by atoms with Gasteiger partial charge in [-0.15, -0.1) is 0 Å². The lowest BCUT2D eigenvalue weighted by Crippen LogP contribution is -2.59. The van der Waals surface area contributed by atoms with Gasteiger partial charge < -0.3 is 15.8 Å². The van der Waals surface area contributed by atoms with E-state index in [0.717, 1.165) is 19.1 Å². The fourth-order valence-electron chi connectivity index (χ4n) is 4.08. The van der Waals surface area contributed by atoms with Crippen molar-refractivity contribution in [3.8, 4) is 0 Å². The van der Waals surface area contributed by atoms with E-state index in [0.29, 0.717) is 18.9 Å². The summed E-state index contributed by atoms with van der Waals surface area (Å²) in [6, 6.07) is 2.48. The molecule has 1 aromatic rings. The third-order valence-corrected chi connectivity index (χ3v) is 6.31. The quantitative estimate of drug-likeness (QED) is 0.438. The second kappa shape index (κ2) is 9.80. The maximum Gasteiger partial charge on any atom is 0.309 e. The standard InChI is InChI=1S/C25H33F3N2O4/c1-14(2)25(27,28)17-7-8-18(19(26)13-17)20(31)30-24(22(29)33)11-9-16(10-12-24)15(3)21(32)34-23(4,5)6/h7-8,13,15-16H,1,9-12H2,2-6H3,(H2,29,33)(H,30,31). The van der Waals surface area contributed by atoms with Gasteiger partial charge in [-0.2, -0.15) is 8.78 Å². The lowest BCUT2D eigenvalue weighted by atomic mass is 9.72. The molecule has 2 amide bonds. The molecule has 1 aromatic carbocycles. The Morgan fingerprint density at radius 2 is 1.76 bits per heavy atom. The average Bonchev–Trinajstić information content (AvgIpc) is 2.72. The third-order valence-electron chi connectivity index (χ3n) is 6.31. The number of nitrogens with one attached hydrogen (secondary N) is 1. The molecule has 34 heavy (non-hydrogen) atoms. The summed E-state index contributed by atoms with van der Waals surface area (Å²) >= 11 is 0. The molecule has 6 nitrogen and oxygen atoms in total. The molecular weight excluding hydrogens is 449 g/mol. The Morgan fingerprint density at radius 1 is 1.21 bits per heavy atom. The first kappa shape index (κ1) is 27.4. The van der Waals surface area contributed by atoms with Gasteiger partial charge in [-0.25, -0.2) is 4.39 Å². The second-order valence-electron chi connectivity index (χ2n) is 10.1. The molecule has 3 N–H and O–H groups in total. The van der Waals surface area contributed by atoms with Gasteiger partial charge in [-0.1, -0.05) is 19.6 Å². The summed E-state index contributed by atoms with van der Waals surface area (Å²) < 4.78 is 48.2. The van der Waals surface area contributed by atoms with Gasteiger partial charge in [0.2, 0.25) is 5.91 Å². The minimum Gasteiger partial charge on any atom is -0.460 e. The Labute approximate surface area is 198 Å². The van der Waals surface area contributed by atoms with Gasteiger partial charge in [0.15, 0.2) is 0 Å². The van der Waals surface area contributed by atoms with Crippen LogP contribution in [0.4, 0.5) is 13.2 Å². The molecule has 1 aliphatic carbocycles. The highest BCUT2D eigenvalue weighted by Crippen LogP contribution is 2.38. The van der Waals surface area contributed by atoms with Crippen molar-refractivity contribution in [2.24, 2.45) is 17.6 Å². The summed E-state index contributed by atoms with van der Waals surface area (Å²) in [6.45, 7) is 11.4. The van der Waals surface area contributed by atoms with E-state index in [1.807, 2.05) is 0 Å². The number of alkyl halides is 2. The predicted molar refractivity (Wildman–Crippen MR) is 121 cm³/mol. The number of carbonyl (C=O) groups excluding carboxylic acids is 3. The Morgan fingerprint density at radius 3 is 2.21 bits per heavy atom. The predicted octanol–water partition coefficient (Wildman–Crippen LogP) is 4.62. The number of rotatable bonds is 7. The van der Waals surface area contributed by atoms with E-state index in [2.05, 4.69) is 11.9 Å². The zero-order chi connectivity index (χ0) is 26.1. The lowest BCUT2D eigenvalue weighted by molar-refractivity contribution is -0.162. The maximum atomic E-state index is 14.6. The molecule has 1 saturated carbocycles. The number of hydrogen-bond acceptors (Lipinski definition) is 4. The first-order valence-electron chi connectivity index (χ1n) is 11.2. The van der Waals surface area contributed by atoms with Crippen LogP contribution in [0.2, 0.25) is 0 Å². The van der Waals surface area contributed by atoms with Crippen LogP contribution in [0.3, 0.4) is 0 Å². The van der Waals surface area contributed by atoms with Crippen LogP contribution in [0.5, 0.6) is 0 Å². The highest BCUT2D eigenvalue weighted by Gasteiger charge is 2.44. The van der Waals surface area contributed by atoms with Crippen LogP contribution in [0.1, 0.15) is 76.2 Å². The topological polar surface area (TPSA) is 98.5 Å². The highest BCUT2D eigenvalue weighted by atomic mass is 19.3. The van der Waals surface area contributed by atoms with Crippen molar-refractivity contribution < 1.29 is 32.3 Å². The van der Waals surface area contributed by atoms with Crippen molar-refractivity contribution in [2.45, 2.75) is 77.4 Å². The average molecular weight is 483 g/mol. The molecule has 2 rings (SSSR count). The highest BCUT2D eigenvalue weighted by molar-refractivity contribution is 5.99. The molecule has 1 aliphatic rings. The minimum absolute atomic E-state index is 0.0837.